The Labute approximate surface area is 223 Å². The molecule has 1 saturated carbocycles. The second kappa shape index (κ2) is 9.87. The summed E-state index contributed by atoms with van der Waals surface area (Å²) in [5.41, 5.74) is -1.68. The van der Waals surface area contributed by atoms with Gasteiger partial charge in [0.2, 0.25) is 15.8 Å². The molecule has 15 heteroatoms. The lowest BCUT2D eigenvalue weighted by Gasteiger charge is -2.26. The molecule has 1 aliphatic heterocycles. The summed E-state index contributed by atoms with van der Waals surface area (Å²) in [7, 11) is -4.16. The number of pyridine rings is 1. The molecule has 1 aliphatic carbocycles. The van der Waals surface area contributed by atoms with Crippen LogP contribution in [-0.4, -0.2) is 46.0 Å². The van der Waals surface area contributed by atoms with Gasteiger partial charge in [-0.3, -0.25) is 9.78 Å². The standard InChI is InChI=1S/C25H19F7N4O3S/c26-16-2-4-17(5-3-16)40(38,39)36-12-14-7-18(14)22(36)21(37)6-1-13-8-20(33-11-19(13)24(27,28)29)15-9-34-23(35-10-15)25(30,31)32/h2-5,8-11,14,18,22H,1,6-7,12H2/t14-,18-,22-/m0/s1. The number of rotatable bonds is 7. The predicted octanol–water partition coefficient (Wildman–Crippen LogP) is 4.93. The molecule has 7 nitrogen and oxygen atoms in total. The summed E-state index contributed by atoms with van der Waals surface area (Å²) >= 11 is 0. The van der Waals surface area contributed by atoms with Crippen LogP contribution >= 0.6 is 0 Å². The first-order valence-corrected chi connectivity index (χ1v) is 13.4. The smallest absolute Gasteiger partial charge is 0.298 e. The minimum atomic E-state index is -4.84. The molecule has 40 heavy (non-hydrogen) atoms. The molecule has 1 aromatic carbocycles. The molecule has 0 spiro atoms. The zero-order valence-corrected chi connectivity index (χ0v) is 21.1. The van der Waals surface area contributed by atoms with E-state index < -0.39 is 64.2 Å². The minimum Gasteiger partial charge on any atom is -0.298 e. The highest BCUT2D eigenvalue weighted by Crippen LogP contribution is 2.51. The molecule has 0 radical (unpaired) electrons. The molecule has 0 N–H and O–H groups in total. The molecule has 212 valence electrons. The van der Waals surface area contributed by atoms with E-state index in [-0.39, 0.29) is 40.1 Å². The fourth-order valence-electron chi connectivity index (χ4n) is 4.94. The zero-order chi connectivity index (χ0) is 29.0. The normalized spacial score (nSPS) is 21.3. The molecule has 3 atom stereocenters. The quantitative estimate of drug-likeness (QED) is 0.364. The Morgan fingerprint density at radius 1 is 0.950 bits per heavy atom. The van der Waals surface area contributed by atoms with E-state index >= 15 is 0 Å². The lowest BCUT2D eigenvalue weighted by molar-refractivity contribution is -0.145. The van der Waals surface area contributed by atoms with Crippen LogP contribution in [0.1, 0.15) is 29.8 Å². The number of ketones is 1. The van der Waals surface area contributed by atoms with E-state index in [0.29, 0.717) is 12.6 Å². The van der Waals surface area contributed by atoms with Crippen molar-refractivity contribution in [2.45, 2.75) is 42.6 Å². The highest BCUT2D eigenvalue weighted by molar-refractivity contribution is 7.89. The van der Waals surface area contributed by atoms with Crippen molar-refractivity contribution in [2.75, 3.05) is 6.54 Å². The Hall–Kier alpha value is -3.46. The van der Waals surface area contributed by atoms with Crippen molar-refractivity contribution in [3.8, 4) is 11.3 Å². The van der Waals surface area contributed by atoms with E-state index in [1.54, 1.807) is 0 Å². The first-order chi connectivity index (χ1) is 18.7. The second-order valence-corrected chi connectivity index (χ2v) is 11.5. The summed E-state index contributed by atoms with van der Waals surface area (Å²) in [5, 5.41) is 0. The van der Waals surface area contributed by atoms with Crippen LogP contribution in [0.5, 0.6) is 0 Å². The summed E-state index contributed by atoms with van der Waals surface area (Å²) in [6.45, 7) is 0.0713. The number of benzene rings is 1. The van der Waals surface area contributed by atoms with Crippen LogP contribution in [0.15, 0.2) is 53.8 Å². The van der Waals surface area contributed by atoms with Crippen molar-refractivity contribution in [3.63, 3.8) is 0 Å². The van der Waals surface area contributed by atoms with Crippen molar-refractivity contribution in [2.24, 2.45) is 11.8 Å². The van der Waals surface area contributed by atoms with E-state index in [2.05, 4.69) is 15.0 Å². The Morgan fingerprint density at radius 3 is 2.20 bits per heavy atom. The van der Waals surface area contributed by atoms with Gasteiger partial charge in [0.15, 0.2) is 5.78 Å². The van der Waals surface area contributed by atoms with Crippen molar-refractivity contribution in [3.05, 3.63) is 71.7 Å². The van der Waals surface area contributed by atoms with E-state index in [9.17, 15) is 43.9 Å². The number of alkyl halides is 6. The summed E-state index contributed by atoms with van der Waals surface area (Å²) < 4.78 is 120. The highest BCUT2D eigenvalue weighted by Gasteiger charge is 2.58. The Balaban J connectivity index is 1.39. The summed E-state index contributed by atoms with van der Waals surface area (Å²) in [6.07, 6.45) is -7.82. The predicted molar refractivity (Wildman–Crippen MR) is 124 cm³/mol. The third-order valence-corrected chi connectivity index (χ3v) is 8.86. The summed E-state index contributed by atoms with van der Waals surface area (Å²) in [4.78, 5) is 23.1. The first kappa shape index (κ1) is 28.1. The van der Waals surface area contributed by atoms with E-state index in [4.69, 9.17) is 0 Å². The van der Waals surface area contributed by atoms with Crippen molar-refractivity contribution < 1.29 is 43.9 Å². The monoisotopic (exact) mass is 588 g/mol. The average Bonchev–Trinajstić information content (AvgIpc) is 3.55. The van der Waals surface area contributed by atoms with Crippen molar-refractivity contribution in [1.82, 2.24) is 19.3 Å². The maximum absolute atomic E-state index is 13.7. The lowest BCUT2D eigenvalue weighted by atomic mass is 9.97. The molecule has 0 bridgehead atoms. The Kier molecular flexibility index (Phi) is 6.93. The fourth-order valence-corrected chi connectivity index (χ4v) is 6.66. The molecular formula is C25H19F7N4O3S. The lowest BCUT2D eigenvalue weighted by Crippen LogP contribution is -2.43. The van der Waals surface area contributed by atoms with Crippen LogP contribution in [0, 0.1) is 17.7 Å². The number of hydrogen-bond acceptors (Lipinski definition) is 6. The number of fused-ring (bicyclic) bond motifs is 1. The van der Waals surface area contributed by atoms with E-state index in [0.717, 1.165) is 47.0 Å². The maximum atomic E-state index is 13.7. The molecule has 3 aromatic rings. The third-order valence-electron chi connectivity index (χ3n) is 6.99. The molecule has 2 aliphatic rings. The summed E-state index contributed by atoms with van der Waals surface area (Å²) in [6, 6.07) is 4.04. The van der Waals surface area contributed by atoms with Crippen LogP contribution < -0.4 is 0 Å². The zero-order valence-electron chi connectivity index (χ0n) is 20.2. The van der Waals surface area contributed by atoms with Crippen molar-refractivity contribution in [1.29, 1.82) is 0 Å². The minimum absolute atomic E-state index is 0.0536. The van der Waals surface area contributed by atoms with Gasteiger partial charge in [0.05, 0.1) is 22.2 Å². The number of carbonyl (C=O) groups is 1. The second-order valence-electron chi connectivity index (χ2n) is 9.62. The van der Waals surface area contributed by atoms with Gasteiger partial charge in [-0.25, -0.2) is 22.8 Å². The van der Waals surface area contributed by atoms with Gasteiger partial charge in [-0.2, -0.15) is 30.6 Å². The molecule has 3 heterocycles. The van der Waals surface area contributed by atoms with Gasteiger partial charge in [0.25, 0.3) is 0 Å². The third kappa shape index (κ3) is 5.44. The molecule has 1 saturated heterocycles. The number of nitrogens with zero attached hydrogens (tertiary/aromatic N) is 4. The van der Waals surface area contributed by atoms with Crippen LogP contribution in [0.4, 0.5) is 30.7 Å². The average molecular weight is 589 g/mol. The van der Waals surface area contributed by atoms with Gasteiger partial charge in [-0.1, -0.05) is 0 Å². The van der Waals surface area contributed by atoms with Gasteiger partial charge in [0.1, 0.15) is 5.82 Å². The van der Waals surface area contributed by atoms with Gasteiger partial charge < -0.3 is 0 Å². The number of sulfonamides is 1. The molecule has 5 rings (SSSR count). The van der Waals surface area contributed by atoms with Crippen LogP contribution in [0.2, 0.25) is 0 Å². The largest absolute Gasteiger partial charge is 0.451 e. The topological polar surface area (TPSA) is 93.1 Å². The molecule has 2 fully saturated rings. The van der Waals surface area contributed by atoms with Gasteiger partial charge in [0, 0.05) is 37.1 Å². The molecular weight excluding hydrogens is 569 g/mol. The molecule has 0 amide bonds. The number of halogens is 7. The number of hydrogen-bond donors (Lipinski definition) is 0. The van der Waals surface area contributed by atoms with Gasteiger partial charge in [-0.05, 0) is 60.6 Å². The molecule has 0 unspecified atom stereocenters. The maximum Gasteiger partial charge on any atom is 0.451 e. The number of carbonyl (C=O) groups excluding carboxylic acids is 1. The SMILES string of the molecule is O=C(CCc1cc(-c2cnc(C(F)(F)F)nc2)ncc1C(F)(F)F)[C@@H]1[C@H]2C[C@H]2CN1S(=O)(=O)c1ccc(F)cc1. The van der Waals surface area contributed by atoms with Crippen LogP contribution in [0.3, 0.4) is 0 Å². The fraction of sp³-hybridized carbons (Fsp3) is 0.360. The highest BCUT2D eigenvalue weighted by atomic mass is 32.2. The van der Waals surface area contributed by atoms with Crippen molar-refractivity contribution >= 4 is 15.8 Å². The number of aromatic nitrogens is 3. The van der Waals surface area contributed by atoms with Crippen LogP contribution in [-0.2, 0) is 33.6 Å². The van der Waals surface area contributed by atoms with Gasteiger partial charge in [-0.15, -0.1) is 0 Å². The van der Waals surface area contributed by atoms with E-state index in [1.165, 1.54) is 0 Å². The molecule has 2 aromatic heterocycles. The van der Waals surface area contributed by atoms with Crippen LogP contribution in [0.25, 0.3) is 11.3 Å². The Morgan fingerprint density at radius 2 is 1.60 bits per heavy atom. The summed E-state index contributed by atoms with van der Waals surface area (Å²) in [5.74, 6) is -2.95. The first-order valence-electron chi connectivity index (χ1n) is 11.9. The Bertz CT molecular complexity index is 1540. The van der Waals surface area contributed by atoms with Gasteiger partial charge >= 0.3 is 12.4 Å². The number of Topliss-reactive ketones (excluding diaryl/α,β-unsaturated/α-hetero) is 1. The number of aryl methyl sites for hydroxylation is 1. The van der Waals surface area contributed by atoms with E-state index in [1.807, 2.05) is 0 Å². The number of piperidine rings is 1.